The molecule has 1 aromatic carbocycles. The summed E-state index contributed by atoms with van der Waals surface area (Å²) in [6, 6.07) is 10.4. The molecule has 3 nitrogen and oxygen atoms in total. The van der Waals surface area contributed by atoms with Gasteiger partial charge in [-0.25, -0.2) is 0 Å². The molecule has 0 aliphatic heterocycles. The summed E-state index contributed by atoms with van der Waals surface area (Å²) < 4.78 is 5.07. The van der Waals surface area contributed by atoms with Crippen LogP contribution < -0.4 is 5.32 Å². The minimum Gasteiger partial charge on any atom is -0.465 e. The lowest BCUT2D eigenvalue weighted by Crippen LogP contribution is -2.07. The van der Waals surface area contributed by atoms with Crippen molar-refractivity contribution in [3.8, 4) is 0 Å². The van der Waals surface area contributed by atoms with Crippen LogP contribution in [0.4, 0.5) is 5.69 Å². The highest BCUT2D eigenvalue weighted by molar-refractivity contribution is 6.30. The molecule has 0 radical (unpaired) electrons. The van der Waals surface area contributed by atoms with E-state index in [9.17, 15) is 4.79 Å². The summed E-state index contributed by atoms with van der Waals surface area (Å²) in [4.78, 5) is 11.5. The van der Waals surface area contributed by atoms with Crippen LogP contribution in [-0.2, 0) is 4.79 Å². The van der Waals surface area contributed by atoms with Gasteiger partial charge in [-0.3, -0.25) is 4.79 Å². The Morgan fingerprint density at radius 1 is 1.24 bits per heavy atom. The predicted molar refractivity (Wildman–Crippen MR) is 67.8 cm³/mol. The summed E-state index contributed by atoms with van der Waals surface area (Å²) in [5.74, 6) is 0.417. The molecular formula is C13H10ClNO2. The topological polar surface area (TPSA) is 42.2 Å². The minimum atomic E-state index is -0.219. The zero-order valence-corrected chi connectivity index (χ0v) is 9.65. The van der Waals surface area contributed by atoms with Crippen molar-refractivity contribution in [1.29, 1.82) is 0 Å². The maximum atomic E-state index is 11.5. The summed E-state index contributed by atoms with van der Waals surface area (Å²) in [5, 5.41) is 3.34. The van der Waals surface area contributed by atoms with Gasteiger partial charge in [0, 0.05) is 16.8 Å². The zero-order chi connectivity index (χ0) is 12.1. The van der Waals surface area contributed by atoms with Gasteiger partial charge in [0.25, 0.3) is 0 Å². The van der Waals surface area contributed by atoms with Crippen LogP contribution in [0.2, 0.25) is 5.02 Å². The average Bonchev–Trinajstić information content (AvgIpc) is 2.83. The normalized spacial score (nSPS) is 10.6. The summed E-state index contributed by atoms with van der Waals surface area (Å²) in [5.41, 5.74) is 0.698. The van der Waals surface area contributed by atoms with Crippen LogP contribution in [0, 0.1) is 0 Å². The Morgan fingerprint density at radius 2 is 2.00 bits per heavy atom. The van der Waals surface area contributed by atoms with Crippen molar-refractivity contribution in [3.05, 3.63) is 59.5 Å². The highest BCUT2D eigenvalue weighted by Gasteiger charge is 1.98. The van der Waals surface area contributed by atoms with E-state index in [4.69, 9.17) is 16.0 Å². The van der Waals surface area contributed by atoms with E-state index in [-0.39, 0.29) is 5.91 Å². The van der Waals surface area contributed by atoms with Crippen molar-refractivity contribution in [2.45, 2.75) is 0 Å². The number of furan rings is 1. The molecule has 86 valence electrons. The Kier molecular flexibility index (Phi) is 3.62. The second-order valence-electron chi connectivity index (χ2n) is 3.34. The number of carbonyl (C=O) groups is 1. The van der Waals surface area contributed by atoms with Gasteiger partial charge in [-0.15, -0.1) is 0 Å². The molecule has 17 heavy (non-hydrogen) atoms. The molecule has 0 spiro atoms. The van der Waals surface area contributed by atoms with Crippen LogP contribution >= 0.6 is 11.6 Å². The van der Waals surface area contributed by atoms with Crippen molar-refractivity contribution >= 4 is 29.3 Å². The lowest BCUT2D eigenvalue weighted by atomic mass is 10.3. The third-order valence-corrected chi connectivity index (χ3v) is 2.31. The molecule has 1 amide bonds. The Morgan fingerprint density at radius 3 is 2.65 bits per heavy atom. The number of carbonyl (C=O) groups excluding carboxylic acids is 1. The maximum Gasteiger partial charge on any atom is 0.248 e. The third-order valence-electron chi connectivity index (χ3n) is 2.05. The summed E-state index contributed by atoms with van der Waals surface area (Å²) in [6.07, 6.45) is 4.56. The van der Waals surface area contributed by atoms with Crippen LogP contribution in [0.1, 0.15) is 5.76 Å². The van der Waals surface area contributed by atoms with Crippen molar-refractivity contribution < 1.29 is 9.21 Å². The van der Waals surface area contributed by atoms with E-state index in [1.807, 2.05) is 0 Å². The Labute approximate surface area is 104 Å². The van der Waals surface area contributed by atoms with E-state index in [0.717, 1.165) is 0 Å². The van der Waals surface area contributed by atoms with Gasteiger partial charge in [0.15, 0.2) is 0 Å². The van der Waals surface area contributed by atoms with E-state index in [1.165, 1.54) is 6.08 Å². The van der Waals surface area contributed by atoms with Crippen molar-refractivity contribution in [3.63, 3.8) is 0 Å². The molecule has 0 aliphatic carbocycles. The highest BCUT2D eigenvalue weighted by Crippen LogP contribution is 2.13. The number of anilines is 1. The van der Waals surface area contributed by atoms with Gasteiger partial charge in [-0.2, -0.15) is 0 Å². The van der Waals surface area contributed by atoms with Crippen LogP contribution in [0.15, 0.2) is 53.2 Å². The molecule has 4 heteroatoms. The molecule has 1 aromatic heterocycles. The average molecular weight is 248 g/mol. The van der Waals surface area contributed by atoms with Gasteiger partial charge in [0.1, 0.15) is 5.76 Å². The lowest BCUT2D eigenvalue weighted by Gasteiger charge is -2.01. The first-order valence-corrected chi connectivity index (χ1v) is 5.40. The monoisotopic (exact) mass is 247 g/mol. The second kappa shape index (κ2) is 5.37. The van der Waals surface area contributed by atoms with Crippen molar-refractivity contribution in [1.82, 2.24) is 0 Å². The molecule has 1 heterocycles. The molecule has 0 saturated carbocycles. The third kappa shape index (κ3) is 3.50. The fourth-order valence-corrected chi connectivity index (χ4v) is 1.39. The van der Waals surface area contributed by atoms with Gasteiger partial charge >= 0.3 is 0 Å². The molecular weight excluding hydrogens is 238 g/mol. The molecule has 0 unspecified atom stereocenters. The molecule has 0 bridgehead atoms. The van der Waals surface area contributed by atoms with Crippen LogP contribution in [-0.4, -0.2) is 5.91 Å². The Bertz CT molecular complexity index is 515. The predicted octanol–water partition coefficient (Wildman–Crippen LogP) is 3.58. The smallest absolute Gasteiger partial charge is 0.248 e. The van der Waals surface area contributed by atoms with E-state index < -0.39 is 0 Å². The van der Waals surface area contributed by atoms with E-state index >= 15 is 0 Å². The fourth-order valence-electron chi connectivity index (χ4n) is 1.26. The number of hydrogen-bond acceptors (Lipinski definition) is 2. The van der Waals surface area contributed by atoms with Gasteiger partial charge in [-0.1, -0.05) is 11.6 Å². The Balaban J connectivity index is 1.95. The number of halogens is 1. The molecule has 0 atom stereocenters. The maximum absolute atomic E-state index is 11.5. The Hall–Kier alpha value is -2.00. The van der Waals surface area contributed by atoms with Crippen LogP contribution in [0.3, 0.4) is 0 Å². The standard InChI is InChI=1S/C13H10ClNO2/c14-10-3-5-11(6-4-10)15-13(16)8-7-12-2-1-9-17-12/h1-9H,(H,15,16). The largest absolute Gasteiger partial charge is 0.465 e. The van der Waals surface area contributed by atoms with Crippen molar-refractivity contribution in [2.75, 3.05) is 5.32 Å². The molecule has 2 rings (SSSR count). The molecule has 0 saturated heterocycles. The number of rotatable bonds is 3. The van der Waals surface area contributed by atoms with Crippen molar-refractivity contribution in [2.24, 2.45) is 0 Å². The zero-order valence-electron chi connectivity index (χ0n) is 8.89. The van der Waals surface area contributed by atoms with E-state index in [2.05, 4.69) is 5.32 Å². The highest BCUT2D eigenvalue weighted by atomic mass is 35.5. The summed E-state index contributed by atoms with van der Waals surface area (Å²) in [6.45, 7) is 0. The molecule has 1 N–H and O–H groups in total. The van der Waals surface area contributed by atoms with Crippen LogP contribution in [0.5, 0.6) is 0 Å². The van der Waals surface area contributed by atoms with Gasteiger partial charge < -0.3 is 9.73 Å². The van der Waals surface area contributed by atoms with E-state index in [0.29, 0.717) is 16.5 Å². The quantitative estimate of drug-likeness (QED) is 0.843. The first kappa shape index (κ1) is 11.5. The fraction of sp³-hybridized carbons (Fsp3) is 0. The number of hydrogen-bond donors (Lipinski definition) is 1. The van der Waals surface area contributed by atoms with Gasteiger partial charge in [-0.05, 0) is 42.5 Å². The molecule has 0 aliphatic rings. The number of amides is 1. The minimum absolute atomic E-state index is 0.219. The van der Waals surface area contributed by atoms with Crippen LogP contribution in [0.25, 0.3) is 6.08 Å². The van der Waals surface area contributed by atoms with E-state index in [1.54, 1.807) is 48.7 Å². The summed E-state index contributed by atoms with van der Waals surface area (Å²) in [7, 11) is 0. The van der Waals surface area contributed by atoms with Gasteiger partial charge in [0.05, 0.1) is 6.26 Å². The first-order valence-electron chi connectivity index (χ1n) is 5.02. The SMILES string of the molecule is O=C(C=Cc1ccco1)Nc1ccc(Cl)cc1. The second-order valence-corrected chi connectivity index (χ2v) is 3.78. The molecule has 2 aromatic rings. The summed E-state index contributed by atoms with van der Waals surface area (Å²) >= 11 is 5.74. The number of nitrogens with one attached hydrogen (secondary N) is 1. The number of benzene rings is 1. The first-order chi connectivity index (χ1) is 8.24. The lowest BCUT2D eigenvalue weighted by molar-refractivity contribution is -0.111. The molecule has 0 fully saturated rings. The van der Waals surface area contributed by atoms with Gasteiger partial charge in [0.2, 0.25) is 5.91 Å².